The van der Waals surface area contributed by atoms with Crippen molar-refractivity contribution in [2.24, 2.45) is 0 Å². The van der Waals surface area contributed by atoms with Crippen LogP contribution >= 0.6 is 0 Å². The molecule has 0 amide bonds. The lowest BCUT2D eigenvalue weighted by Gasteiger charge is -2.35. The average Bonchev–Trinajstić information content (AvgIpc) is 2.06. The predicted octanol–water partition coefficient (Wildman–Crippen LogP) is 1.32. The summed E-state index contributed by atoms with van der Waals surface area (Å²) in [5.41, 5.74) is -0.403. The predicted molar refractivity (Wildman–Crippen MR) is 53.9 cm³/mol. The van der Waals surface area contributed by atoms with Crippen LogP contribution in [0.2, 0.25) is 0 Å². The smallest absolute Gasteiger partial charge is 0.178 e. The molecule has 0 unspecified atom stereocenters. The molecule has 0 saturated carbocycles. The first-order valence-electron chi connectivity index (χ1n) is 4.77. The number of carbonyl (C=O) groups excluding carboxylic acids is 1. The SMILES string of the molecule is CCN(CC)C(C)(C)C(=O)COC. The van der Waals surface area contributed by atoms with Gasteiger partial charge < -0.3 is 4.74 Å². The van der Waals surface area contributed by atoms with E-state index in [9.17, 15) is 4.79 Å². The Morgan fingerprint density at radius 3 is 2.08 bits per heavy atom. The zero-order chi connectivity index (χ0) is 10.5. The van der Waals surface area contributed by atoms with E-state index in [4.69, 9.17) is 4.74 Å². The Kier molecular flexibility index (Phi) is 5.18. The minimum atomic E-state index is -0.403. The molecular weight excluding hydrogens is 166 g/mol. The van der Waals surface area contributed by atoms with Gasteiger partial charge in [0.15, 0.2) is 5.78 Å². The Balaban J connectivity index is 4.42. The van der Waals surface area contributed by atoms with Crippen molar-refractivity contribution in [2.75, 3.05) is 26.8 Å². The molecule has 0 aliphatic rings. The van der Waals surface area contributed by atoms with Gasteiger partial charge in [-0.15, -0.1) is 0 Å². The third kappa shape index (κ3) is 3.08. The van der Waals surface area contributed by atoms with Gasteiger partial charge in [0.2, 0.25) is 0 Å². The van der Waals surface area contributed by atoms with Gasteiger partial charge in [-0.1, -0.05) is 13.8 Å². The molecule has 0 atom stereocenters. The van der Waals surface area contributed by atoms with Gasteiger partial charge in [-0.3, -0.25) is 9.69 Å². The summed E-state index contributed by atoms with van der Waals surface area (Å²) in [4.78, 5) is 13.8. The maximum atomic E-state index is 11.7. The Bertz CT molecular complexity index is 162. The Morgan fingerprint density at radius 1 is 1.31 bits per heavy atom. The quantitative estimate of drug-likeness (QED) is 0.628. The number of methoxy groups -OCH3 is 1. The highest BCUT2D eigenvalue weighted by Gasteiger charge is 2.31. The number of Topliss-reactive ketones (excluding diaryl/α,β-unsaturated/α-hetero) is 1. The standard InChI is InChI=1S/C10H21NO2/c1-6-11(7-2)10(3,4)9(12)8-13-5/h6-8H2,1-5H3. The molecular formula is C10H21NO2. The molecule has 0 aromatic carbocycles. The van der Waals surface area contributed by atoms with Crippen molar-refractivity contribution in [2.45, 2.75) is 33.2 Å². The lowest BCUT2D eigenvalue weighted by Crippen LogP contribution is -2.51. The monoisotopic (exact) mass is 187 g/mol. The fourth-order valence-corrected chi connectivity index (χ4v) is 1.50. The van der Waals surface area contributed by atoms with E-state index >= 15 is 0 Å². The van der Waals surface area contributed by atoms with Gasteiger partial charge >= 0.3 is 0 Å². The highest BCUT2D eigenvalue weighted by atomic mass is 16.5. The molecule has 0 aliphatic carbocycles. The second-order valence-electron chi connectivity index (χ2n) is 3.59. The zero-order valence-corrected chi connectivity index (χ0v) is 9.39. The summed E-state index contributed by atoms with van der Waals surface area (Å²) < 4.78 is 4.85. The highest BCUT2D eigenvalue weighted by molar-refractivity contribution is 5.88. The number of nitrogens with zero attached hydrogens (tertiary/aromatic N) is 1. The number of carbonyl (C=O) groups is 1. The number of likely N-dealkylation sites (N-methyl/N-ethyl adjacent to an activating group) is 1. The fourth-order valence-electron chi connectivity index (χ4n) is 1.50. The zero-order valence-electron chi connectivity index (χ0n) is 9.39. The molecule has 0 aromatic heterocycles. The van der Waals surface area contributed by atoms with Gasteiger partial charge in [0.1, 0.15) is 6.61 Å². The Hall–Kier alpha value is -0.410. The normalized spacial score (nSPS) is 12.2. The fraction of sp³-hybridized carbons (Fsp3) is 0.900. The lowest BCUT2D eigenvalue weighted by atomic mass is 9.97. The summed E-state index contributed by atoms with van der Waals surface area (Å²) in [7, 11) is 1.55. The minimum absolute atomic E-state index is 0.138. The number of hydrogen-bond donors (Lipinski definition) is 0. The molecule has 0 rings (SSSR count). The van der Waals surface area contributed by atoms with Crippen LogP contribution in [0.3, 0.4) is 0 Å². The van der Waals surface area contributed by atoms with Crippen LogP contribution in [-0.4, -0.2) is 43.0 Å². The molecule has 0 fully saturated rings. The van der Waals surface area contributed by atoms with E-state index in [0.29, 0.717) is 0 Å². The van der Waals surface area contributed by atoms with E-state index in [2.05, 4.69) is 18.7 Å². The van der Waals surface area contributed by atoms with Crippen molar-refractivity contribution in [1.29, 1.82) is 0 Å². The first-order valence-corrected chi connectivity index (χ1v) is 4.77. The summed E-state index contributed by atoms with van der Waals surface area (Å²) in [5, 5.41) is 0. The van der Waals surface area contributed by atoms with Crippen molar-refractivity contribution < 1.29 is 9.53 Å². The van der Waals surface area contributed by atoms with Gasteiger partial charge in [0.05, 0.1) is 5.54 Å². The molecule has 13 heavy (non-hydrogen) atoms. The lowest BCUT2D eigenvalue weighted by molar-refractivity contribution is -0.133. The van der Waals surface area contributed by atoms with Gasteiger partial charge in [-0.2, -0.15) is 0 Å². The van der Waals surface area contributed by atoms with Crippen LogP contribution in [0.25, 0.3) is 0 Å². The molecule has 0 saturated heterocycles. The van der Waals surface area contributed by atoms with Crippen molar-refractivity contribution in [3.63, 3.8) is 0 Å². The number of hydrogen-bond acceptors (Lipinski definition) is 3. The second kappa shape index (κ2) is 5.35. The summed E-state index contributed by atoms with van der Waals surface area (Å²) in [5.74, 6) is 0.138. The summed E-state index contributed by atoms with van der Waals surface area (Å²) >= 11 is 0. The van der Waals surface area contributed by atoms with E-state index in [1.165, 1.54) is 0 Å². The molecule has 0 bridgehead atoms. The van der Waals surface area contributed by atoms with Crippen LogP contribution in [0.4, 0.5) is 0 Å². The van der Waals surface area contributed by atoms with Gasteiger partial charge in [-0.05, 0) is 26.9 Å². The second-order valence-corrected chi connectivity index (χ2v) is 3.59. The molecule has 0 N–H and O–H groups in total. The van der Waals surface area contributed by atoms with E-state index in [1.807, 2.05) is 13.8 Å². The third-order valence-corrected chi connectivity index (χ3v) is 2.51. The van der Waals surface area contributed by atoms with Gasteiger partial charge in [0, 0.05) is 7.11 Å². The van der Waals surface area contributed by atoms with Crippen LogP contribution in [0.5, 0.6) is 0 Å². The van der Waals surface area contributed by atoms with E-state index in [1.54, 1.807) is 7.11 Å². The first-order chi connectivity index (χ1) is 6.00. The first kappa shape index (κ1) is 12.6. The molecule has 3 heteroatoms. The number of rotatable bonds is 6. The Morgan fingerprint density at radius 2 is 1.77 bits per heavy atom. The summed E-state index contributed by atoms with van der Waals surface area (Å²) in [6, 6.07) is 0. The van der Waals surface area contributed by atoms with E-state index in [0.717, 1.165) is 13.1 Å². The van der Waals surface area contributed by atoms with Crippen molar-refractivity contribution in [3.8, 4) is 0 Å². The molecule has 78 valence electrons. The van der Waals surface area contributed by atoms with Crippen molar-refractivity contribution in [3.05, 3.63) is 0 Å². The molecule has 0 heterocycles. The van der Waals surface area contributed by atoms with Crippen molar-refractivity contribution >= 4 is 5.78 Å². The largest absolute Gasteiger partial charge is 0.377 e. The van der Waals surface area contributed by atoms with E-state index < -0.39 is 5.54 Å². The van der Waals surface area contributed by atoms with Crippen LogP contribution in [0, 0.1) is 0 Å². The minimum Gasteiger partial charge on any atom is -0.377 e. The molecule has 0 aliphatic heterocycles. The number of ether oxygens (including phenoxy) is 1. The van der Waals surface area contributed by atoms with E-state index in [-0.39, 0.29) is 12.4 Å². The van der Waals surface area contributed by atoms with Crippen LogP contribution in [0.1, 0.15) is 27.7 Å². The molecule has 3 nitrogen and oxygen atoms in total. The van der Waals surface area contributed by atoms with Crippen LogP contribution in [-0.2, 0) is 9.53 Å². The van der Waals surface area contributed by atoms with Crippen molar-refractivity contribution in [1.82, 2.24) is 4.90 Å². The van der Waals surface area contributed by atoms with Crippen LogP contribution in [0.15, 0.2) is 0 Å². The average molecular weight is 187 g/mol. The number of ketones is 1. The molecule has 0 radical (unpaired) electrons. The molecule has 0 aromatic rings. The molecule has 0 spiro atoms. The maximum Gasteiger partial charge on any atom is 0.178 e. The summed E-state index contributed by atoms with van der Waals surface area (Å²) in [6.45, 7) is 9.99. The third-order valence-electron chi connectivity index (χ3n) is 2.51. The highest BCUT2D eigenvalue weighted by Crippen LogP contribution is 2.14. The van der Waals surface area contributed by atoms with Gasteiger partial charge in [0.25, 0.3) is 0 Å². The maximum absolute atomic E-state index is 11.7. The van der Waals surface area contributed by atoms with Crippen LogP contribution < -0.4 is 0 Å². The topological polar surface area (TPSA) is 29.5 Å². The van der Waals surface area contributed by atoms with Gasteiger partial charge in [-0.25, -0.2) is 0 Å². The summed E-state index contributed by atoms with van der Waals surface area (Å²) in [6.07, 6.45) is 0. The Labute approximate surface area is 81.1 Å².